The van der Waals surface area contributed by atoms with Crippen molar-refractivity contribution in [1.29, 1.82) is 0 Å². The number of carboxylic acid groups (broad SMARTS) is 1. The van der Waals surface area contributed by atoms with Gasteiger partial charge >= 0.3 is 12.1 Å². The van der Waals surface area contributed by atoms with Gasteiger partial charge in [0.25, 0.3) is 0 Å². The molecule has 1 N–H and O–H groups in total. The Morgan fingerprint density at radius 1 is 1.35 bits per heavy atom. The second-order valence-electron chi connectivity index (χ2n) is 5.20. The van der Waals surface area contributed by atoms with Gasteiger partial charge in [0.05, 0.1) is 17.3 Å². The SMILES string of the molecule is CC(C)(C)OC(=O)n1ncc2c(Br)c(C(=O)O)ccc21. The summed E-state index contributed by atoms with van der Waals surface area (Å²) >= 11 is 3.22. The molecule has 0 aliphatic carbocycles. The number of fused-ring (bicyclic) bond motifs is 1. The van der Waals surface area contributed by atoms with Crippen molar-refractivity contribution in [2.45, 2.75) is 26.4 Å². The topological polar surface area (TPSA) is 81.4 Å². The van der Waals surface area contributed by atoms with E-state index < -0.39 is 17.7 Å². The molecule has 0 unspecified atom stereocenters. The van der Waals surface area contributed by atoms with Gasteiger partial charge in [0.15, 0.2) is 0 Å². The van der Waals surface area contributed by atoms with Gasteiger partial charge in [0.2, 0.25) is 0 Å². The van der Waals surface area contributed by atoms with E-state index in [1.54, 1.807) is 20.8 Å². The summed E-state index contributed by atoms with van der Waals surface area (Å²) in [5.41, 5.74) is -0.0366. The number of aromatic nitrogens is 2. The molecule has 2 rings (SSSR count). The quantitative estimate of drug-likeness (QED) is 0.861. The Bertz CT molecular complexity index is 700. The second-order valence-corrected chi connectivity index (χ2v) is 5.99. The number of carboxylic acids is 1. The number of nitrogens with zero attached hydrogens (tertiary/aromatic N) is 2. The highest BCUT2D eigenvalue weighted by atomic mass is 79.9. The first-order chi connectivity index (χ1) is 9.20. The van der Waals surface area contributed by atoms with Gasteiger partial charge in [-0.05, 0) is 48.8 Å². The molecule has 0 aliphatic rings. The first-order valence-corrected chi connectivity index (χ1v) is 6.63. The molecule has 6 nitrogen and oxygen atoms in total. The Labute approximate surface area is 123 Å². The molecular weight excluding hydrogens is 328 g/mol. The summed E-state index contributed by atoms with van der Waals surface area (Å²) in [6.45, 7) is 5.28. The highest BCUT2D eigenvalue weighted by molar-refractivity contribution is 9.10. The lowest BCUT2D eigenvalue weighted by atomic mass is 10.1. The number of ether oxygens (including phenoxy) is 1. The lowest BCUT2D eigenvalue weighted by molar-refractivity contribution is 0.0522. The van der Waals surface area contributed by atoms with Gasteiger partial charge in [-0.25, -0.2) is 9.59 Å². The molecule has 0 spiro atoms. The number of hydrogen-bond donors (Lipinski definition) is 1. The lowest BCUT2D eigenvalue weighted by Gasteiger charge is -2.19. The monoisotopic (exact) mass is 340 g/mol. The van der Waals surface area contributed by atoms with Gasteiger partial charge in [-0.15, -0.1) is 0 Å². The van der Waals surface area contributed by atoms with Crippen LogP contribution in [0.4, 0.5) is 4.79 Å². The molecule has 1 aromatic heterocycles. The minimum atomic E-state index is -1.05. The van der Waals surface area contributed by atoms with Crippen molar-refractivity contribution in [1.82, 2.24) is 9.78 Å². The predicted molar refractivity (Wildman–Crippen MR) is 76.0 cm³/mol. The summed E-state index contributed by atoms with van der Waals surface area (Å²) in [6.07, 6.45) is 0.818. The molecule has 0 aliphatic heterocycles. The third-order valence-corrected chi connectivity index (χ3v) is 3.34. The van der Waals surface area contributed by atoms with Crippen LogP contribution >= 0.6 is 15.9 Å². The van der Waals surface area contributed by atoms with Crippen LogP contribution in [0.1, 0.15) is 31.1 Å². The van der Waals surface area contributed by atoms with Crippen LogP contribution in [0.25, 0.3) is 10.9 Å². The van der Waals surface area contributed by atoms with Gasteiger partial charge in [-0.2, -0.15) is 9.78 Å². The number of hydrogen-bond acceptors (Lipinski definition) is 4. The first kappa shape index (κ1) is 14.5. The van der Waals surface area contributed by atoms with Crippen LogP contribution in [-0.4, -0.2) is 32.6 Å². The Kier molecular flexibility index (Phi) is 3.56. The van der Waals surface area contributed by atoms with E-state index in [-0.39, 0.29) is 5.56 Å². The van der Waals surface area contributed by atoms with Crippen LogP contribution in [0.3, 0.4) is 0 Å². The molecule has 0 radical (unpaired) electrons. The molecule has 1 aromatic carbocycles. The lowest BCUT2D eigenvalue weighted by Crippen LogP contribution is -2.27. The van der Waals surface area contributed by atoms with Gasteiger partial charge in [0.1, 0.15) is 5.60 Å². The molecule has 2 aromatic rings. The zero-order valence-corrected chi connectivity index (χ0v) is 12.8. The molecule has 20 heavy (non-hydrogen) atoms. The smallest absolute Gasteiger partial charge is 0.435 e. The highest BCUT2D eigenvalue weighted by Crippen LogP contribution is 2.28. The van der Waals surface area contributed by atoms with Gasteiger partial charge in [0, 0.05) is 9.86 Å². The van der Waals surface area contributed by atoms with Gasteiger partial charge < -0.3 is 9.84 Å². The Balaban J connectivity index is 2.51. The Hall–Kier alpha value is -1.89. The number of carbonyl (C=O) groups excluding carboxylic acids is 1. The summed E-state index contributed by atoms with van der Waals surface area (Å²) in [6, 6.07) is 2.94. The largest absolute Gasteiger partial charge is 0.478 e. The zero-order valence-electron chi connectivity index (χ0n) is 11.2. The van der Waals surface area contributed by atoms with E-state index in [0.29, 0.717) is 15.4 Å². The van der Waals surface area contributed by atoms with Crippen molar-refractivity contribution in [2.24, 2.45) is 0 Å². The van der Waals surface area contributed by atoms with Crippen molar-refractivity contribution in [2.75, 3.05) is 0 Å². The minimum absolute atomic E-state index is 0.112. The fourth-order valence-electron chi connectivity index (χ4n) is 1.68. The molecule has 106 valence electrons. The van der Waals surface area contributed by atoms with Crippen LogP contribution in [0.2, 0.25) is 0 Å². The summed E-state index contributed by atoms with van der Waals surface area (Å²) in [7, 11) is 0. The first-order valence-electron chi connectivity index (χ1n) is 5.83. The van der Waals surface area contributed by atoms with E-state index in [0.717, 1.165) is 4.68 Å². The summed E-state index contributed by atoms with van der Waals surface area (Å²) in [5.74, 6) is -1.05. The third kappa shape index (κ3) is 2.67. The number of carbonyl (C=O) groups is 2. The molecular formula is C13H13BrN2O4. The second kappa shape index (κ2) is 4.90. The van der Waals surface area contributed by atoms with E-state index in [1.807, 2.05) is 0 Å². The van der Waals surface area contributed by atoms with Crippen molar-refractivity contribution in [3.8, 4) is 0 Å². The molecule has 0 amide bonds. The van der Waals surface area contributed by atoms with E-state index in [4.69, 9.17) is 9.84 Å². The molecule has 0 bridgehead atoms. The van der Waals surface area contributed by atoms with E-state index >= 15 is 0 Å². The molecule has 0 saturated carbocycles. The van der Waals surface area contributed by atoms with E-state index in [1.165, 1.54) is 18.3 Å². The summed E-state index contributed by atoms with van der Waals surface area (Å²) in [4.78, 5) is 23.1. The minimum Gasteiger partial charge on any atom is -0.478 e. The van der Waals surface area contributed by atoms with Crippen molar-refractivity contribution in [3.63, 3.8) is 0 Å². The van der Waals surface area contributed by atoms with Crippen LogP contribution in [-0.2, 0) is 4.74 Å². The average Bonchev–Trinajstić information content (AvgIpc) is 2.71. The predicted octanol–water partition coefficient (Wildman–Crippen LogP) is 3.28. The van der Waals surface area contributed by atoms with Crippen LogP contribution in [0.15, 0.2) is 22.8 Å². The summed E-state index contributed by atoms with van der Waals surface area (Å²) in [5, 5.41) is 13.5. The van der Waals surface area contributed by atoms with E-state index in [2.05, 4.69) is 21.0 Å². The van der Waals surface area contributed by atoms with Gasteiger partial charge in [-0.3, -0.25) is 0 Å². The van der Waals surface area contributed by atoms with Crippen LogP contribution in [0, 0.1) is 0 Å². The number of halogens is 1. The maximum absolute atomic E-state index is 12.0. The number of aromatic carboxylic acids is 1. The molecule has 7 heteroatoms. The summed E-state index contributed by atoms with van der Waals surface area (Å²) < 4.78 is 6.73. The average molecular weight is 341 g/mol. The third-order valence-electron chi connectivity index (χ3n) is 2.48. The molecule has 0 fully saturated rings. The van der Waals surface area contributed by atoms with Crippen molar-refractivity contribution >= 4 is 38.9 Å². The maximum atomic E-state index is 12.0. The number of rotatable bonds is 1. The zero-order chi connectivity index (χ0) is 15.1. The van der Waals surface area contributed by atoms with E-state index in [9.17, 15) is 9.59 Å². The van der Waals surface area contributed by atoms with Crippen LogP contribution < -0.4 is 0 Å². The highest BCUT2D eigenvalue weighted by Gasteiger charge is 2.21. The fraction of sp³-hybridized carbons (Fsp3) is 0.308. The fourth-order valence-corrected chi connectivity index (χ4v) is 2.29. The molecule has 0 saturated heterocycles. The van der Waals surface area contributed by atoms with Crippen LogP contribution in [0.5, 0.6) is 0 Å². The van der Waals surface area contributed by atoms with Crippen molar-refractivity contribution < 1.29 is 19.4 Å². The van der Waals surface area contributed by atoms with Crippen molar-refractivity contribution in [3.05, 3.63) is 28.4 Å². The maximum Gasteiger partial charge on any atom is 0.435 e. The number of benzene rings is 1. The Morgan fingerprint density at radius 3 is 2.55 bits per heavy atom. The Morgan fingerprint density at radius 2 is 2.00 bits per heavy atom. The van der Waals surface area contributed by atoms with Gasteiger partial charge in [-0.1, -0.05) is 0 Å². The standard InChI is InChI=1S/C13H13BrN2O4/c1-13(2,3)20-12(19)16-9-5-4-7(11(17)18)10(14)8(9)6-15-16/h4-6H,1-3H3,(H,17,18). The molecule has 1 heterocycles. The molecule has 0 atom stereocenters. The normalized spacial score (nSPS) is 11.6.